The molecule has 0 saturated carbocycles. The summed E-state index contributed by atoms with van der Waals surface area (Å²) in [4.78, 5) is 9.29. The molecular weight excluding hydrogens is 114 g/mol. The van der Waals surface area contributed by atoms with Crippen molar-refractivity contribution in [1.82, 2.24) is 0 Å². The van der Waals surface area contributed by atoms with Crippen molar-refractivity contribution < 1.29 is 9.35 Å². The summed E-state index contributed by atoms with van der Waals surface area (Å²) >= 11 is -1.33. The van der Waals surface area contributed by atoms with Gasteiger partial charge in [0, 0.05) is 4.40 Å². The highest BCUT2D eigenvalue weighted by Gasteiger charge is 1.93. The Morgan fingerprint density at radius 3 is 2.71 bits per heavy atom. The Morgan fingerprint density at radius 1 is 2.00 bits per heavy atom. The van der Waals surface area contributed by atoms with Crippen molar-refractivity contribution in [3.8, 4) is 0 Å². The lowest BCUT2D eigenvalue weighted by Gasteiger charge is -1.91. The molecule has 0 aromatic carbocycles. The molecule has 0 N–H and O–H groups in total. The summed E-state index contributed by atoms with van der Waals surface area (Å²) in [5, 5.41) is 0. The third kappa shape index (κ3) is 3.52. The molecule has 0 saturated heterocycles. The maximum atomic E-state index is 10.1. The van der Waals surface area contributed by atoms with E-state index in [-0.39, 0.29) is 0 Å². The first-order valence-electron chi connectivity index (χ1n) is 1.77. The molecule has 7 heavy (non-hydrogen) atoms. The van der Waals surface area contributed by atoms with Gasteiger partial charge in [0.25, 0.3) is 6.08 Å². The monoisotopic (exact) mass is 119 g/mol. The van der Waals surface area contributed by atoms with Crippen molar-refractivity contribution in [1.29, 1.82) is 0 Å². The fourth-order valence-corrected chi connectivity index (χ4v) is 0.318. The summed E-state index contributed by atoms with van der Waals surface area (Å²) in [5.41, 5.74) is 0. The van der Waals surface area contributed by atoms with Crippen LogP contribution in [0, 0.1) is 0 Å². The van der Waals surface area contributed by atoms with Crippen LogP contribution in [0.1, 0.15) is 6.92 Å². The lowest BCUT2D eigenvalue weighted by molar-refractivity contribution is 0.563. The van der Waals surface area contributed by atoms with E-state index in [2.05, 4.69) is 4.40 Å². The fourth-order valence-electron chi connectivity index (χ4n) is 0.106. The Balaban J connectivity index is 3.35. The molecule has 0 bridgehead atoms. The summed E-state index contributed by atoms with van der Waals surface area (Å²) in [7, 11) is 0. The molecule has 1 unspecified atom stereocenters. The van der Waals surface area contributed by atoms with E-state index in [1.165, 1.54) is 6.08 Å². The van der Waals surface area contributed by atoms with Gasteiger partial charge < -0.3 is 4.55 Å². The van der Waals surface area contributed by atoms with E-state index in [9.17, 15) is 9.35 Å². The molecule has 0 fully saturated rings. The minimum absolute atomic E-state index is 0.384. The Labute approximate surface area is 44.8 Å². The van der Waals surface area contributed by atoms with Crippen LogP contribution < -0.4 is 0 Å². The number of hydrogen-bond acceptors (Lipinski definition) is 3. The minimum atomic E-state index is -1.33. The van der Waals surface area contributed by atoms with E-state index in [4.69, 9.17) is 0 Å². The van der Waals surface area contributed by atoms with Crippen LogP contribution in [0.2, 0.25) is 0 Å². The van der Waals surface area contributed by atoms with Gasteiger partial charge in [0.2, 0.25) is 0 Å². The van der Waals surface area contributed by atoms with Crippen molar-refractivity contribution >= 4 is 17.4 Å². The Hall–Kier alpha value is -0.310. The van der Waals surface area contributed by atoms with E-state index >= 15 is 0 Å². The lowest BCUT2D eigenvalue weighted by Crippen LogP contribution is -1.96. The molecule has 0 aromatic heterocycles. The normalized spacial score (nSPS) is 12.3. The third-order valence-corrected chi connectivity index (χ3v) is 1.16. The van der Waals surface area contributed by atoms with Crippen LogP contribution in [0.5, 0.6) is 0 Å². The quantitative estimate of drug-likeness (QED) is 0.292. The summed E-state index contributed by atoms with van der Waals surface area (Å²) in [6.45, 7) is 1.68. The van der Waals surface area contributed by atoms with Gasteiger partial charge in [0.15, 0.2) is 0 Å². The number of hydrogen-bond donors (Lipinski definition) is 0. The van der Waals surface area contributed by atoms with Crippen LogP contribution in [0.25, 0.3) is 0 Å². The van der Waals surface area contributed by atoms with Gasteiger partial charge >= 0.3 is 0 Å². The first kappa shape index (κ1) is 6.69. The molecular formula is C3H5NO2S. The Bertz CT molecular complexity index is 88.9. The van der Waals surface area contributed by atoms with Crippen LogP contribution in [0.15, 0.2) is 4.40 Å². The molecule has 0 spiro atoms. The minimum Gasteiger partial charge on any atom is -0.591 e. The van der Waals surface area contributed by atoms with E-state index in [0.717, 1.165) is 0 Å². The molecule has 1 atom stereocenters. The second-order valence-corrected chi connectivity index (χ2v) is 2.20. The first-order chi connectivity index (χ1) is 3.31. The van der Waals surface area contributed by atoms with Gasteiger partial charge in [-0.1, -0.05) is 0 Å². The zero-order valence-corrected chi connectivity index (χ0v) is 4.70. The van der Waals surface area contributed by atoms with Crippen molar-refractivity contribution in [3.63, 3.8) is 0 Å². The molecule has 3 nitrogen and oxygen atoms in total. The number of carbonyl (C=O) groups excluding carboxylic acids is 1. The van der Waals surface area contributed by atoms with Gasteiger partial charge in [0.05, 0.1) is 0 Å². The predicted octanol–water partition coefficient (Wildman–Crippen LogP) is 0.00580. The van der Waals surface area contributed by atoms with E-state index < -0.39 is 11.4 Å². The van der Waals surface area contributed by atoms with Crippen molar-refractivity contribution in [2.75, 3.05) is 5.75 Å². The van der Waals surface area contributed by atoms with Crippen molar-refractivity contribution in [3.05, 3.63) is 0 Å². The molecule has 0 aliphatic heterocycles. The molecule has 40 valence electrons. The van der Waals surface area contributed by atoms with Gasteiger partial charge in [-0.25, -0.2) is 4.79 Å². The fraction of sp³-hybridized carbons (Fsp3) is 0.667. The second kappa shape index (κ2) is 3.87. The molecule has 0 rings (SSSR count). The van der Waals surface area contributed by atoms with Gasteiger partial charge in [-0.3, -0.25) is 0 Å². The Kier molecular flexibility index (Phi) is 3.69. The SMILES string of the molecule is CC[S+]([O-])N=C=O. The summed E-state index contributed by atoms with van der Waals surface area (Å²) in [6, 6.07) is 0. The summed E-state index contributed by atoms with van der Waals surface area (Å²) in [6.07, 6.45) is 1.19. The van der Waals surface area contributed by atoms with E-state index in [1.807, 2.05) is 0 Å². The molecule has 4 heteroatoms. The zero-order valence-electron chi connectivity index (χ0n) is 3.88. The maximum absolute atomic E-state index is 10.1. The summed E-state index contributed by atoms with van der Waals surface area (Å²) in [5.74, 6) is 0.384. The van der Waals surface area contributed by atoms with Crippen molar-refractivity contribution in [2.24, 2.45) is 4.40 Å². The largest absolute Gasteiger partial charge is 0.591 e. The maximum Gasteiger partial charge on any atom is 0.288 e. The molecule has 0 aliphatic carbocycles. The van der Waals surface area contributed by atoms with Crippen LogP contribution in [0.3, 0.4) is 0 Å². The van der Waals surface area contributed by atoms with E-state index in [1.54, 1.807) is 6.92 Å². The first-order valence-corrected chi connectivity index (χ1v) is 3.05. The molecule has 0 aliphatic rings. The van der Waals surface area contributed by atoms with Crippen LogP contribution in [-0.4, -0.2) is 16.4 Å². The standard InChI is InChI=1S/C3H5NO2S/c1-2-7(6)4-3-5/h2H2,1H3. The van der Waals surface area contributed by atoms with Gasteiger partial charge in [0.1, 0.15) is 17.1 Å². The molecule has 0 radical (unpaired) electrons. The highest BCUT2D eigenvalue weighted by molar-refractivity contribution is 7.90. The highest BCUT2D eigenvalue weighted by Crippen LogP contribution is 1.85. The number of rotatable bonds is 2. The molecule has 0 heterocycles. The van der Waals surface area contributed by atoms with Crippen LogP contribution >= 0.6 is 0 Å². The topological polar surface area (TPSA) is 52.5 Å². The second-order valence-electron chi connectivity index (χ2n) is 0.793. The average molecular weight is 119 g/mol. The number of isocyanates is 1. The predicted molar refractivity (Wildman–Crippen MR) is 26.8 cm³/mol. The molecule has 0 aromatic rings. The van der Waals surface area contributed by atoms with Gasteiger partial charge in [-0.05, 0) is 6.92 Å². The third-order valence-electron chi connectivity index (χ3n) is 0.386. The average Bonchev–Trinajstić information content (AvgIpc) is 1.68. The van der Waals surface area contributed by atoms with Crippen molar-refractivity contribution in [2.45, 2.75) is 6.92 Å². The van der Waals surface area contributed by atoms with Crippen LogP contribution in [-0.2, 0) is 16.2 Å². The van der Waals surface area contributed by atoms with Crippen LogP contribution in [0.4, 0.5) is 0 Å². The van der Waals surface area contributed by atoms with Gasteiger partial charge in [-0.2, -0.15) is 0 Å². The summed E-state index contributed by atoms with van der Waals surface area (Å²) < 4.78 is 13.0. The number of nitrogens with zero attached hydrogens (tertiary/aromatic N) is 1. The lowest BCUT2D eigenvalue weighted by atomic mass is 11.0. The van der Waals surface area contributed by atoms with Gasteiger partial charge in [-0.15, -0.1) is 0 Å². The zero-order chi connectivity index (χ0) is 5.70. The smallest absolute Gasteiger partial charge is 0.288 e. The highest BCUT2D eigenvalue weighted by atomic mass is 32.2. The molecule has 0 amide bonds. The Morgan fingerprint density at radius 2 is 2.57 bits per heavy atom. The van der Waals surface area contributed by atoms with E-state index in [0.29, 0.717) is 5.75 Å².